The number of benzene rings is 3. The van der Waals surface area contributed by atoms with Crippen molar-refractivity contribution in [2.75, 3.05) is 4.90 Å². The van der Waals surface area contributed by atoms with Crippen molar-refractivity contribution in [1.29, 1.82) is 0 Å². The predicted octanol–water partition coefficient (Wildman–Crippen LogP) is 8.27. The van der Waals surface area contributed by atoms with Crippen molar-refractivity contribution in [2.45, 2.75) is 17.0 Å². The Morgan fingerprint density at radius 3 is 2.10 bits per heavy atom. The Morgan fingerprint density at radius 1 is 0.600 bits per heavy atom. The third kappa shape index (κ3) is 3.07. The van der Waals surface area contributed by atoms with Crippen LogP contribution in [0.15, 0.2) is 132 Å². The van der Waals surface area contributed by atoms with Crippen LogP contribution in [0.25, 0.3) is 55.9 Å². The van der Waals surface area contributed by atoms with Crippen molar-refractivity contribution < 1.29 is 0 Å². The van der Waals surface area contributed by atoms with Gasteiger partial charge in [-0.2, -0.15) is 0 Å². The van der Waals surface area contributed by atoms with Crippen LogP contribution >= 0.6 is 11.8 Å². The summed E-state index contributed by atoms with van der Waals surface area (Å²) in [5.41, 5.74) is 12.5. The molecule has 0 N–H and O–H groups in total. The number of amidine groups is 1. The minimum Gasteiger partial charge on any atom is -0.310 e. The maximum atomic E-state index is 5.04. The smallest absolute Gasteiger partial charge is 0.170 e. The number of nitrogens with zero attached hydrogens (tertiary/aromatic N) is 4. The lowest BCUT2D eigenvalue weighted by molar-refractivity contribution is 0.737. The molecule has 40 heavy (non-hydrogen) atoms. The Labute approximate surface area is 236 Å². The van der Waals surface area contributed by atoms with E-state index in [1.54, 1.807) is 11.8 Å². The summed E-state index contributed by atoms with van der Waals surface area (Å²) in [4.78, 5) is 18.4. The molecule has 188 valence electrons. The number of aromatic nitrogens is 2. The second-order valence-corrected chi connectivity index (χ2v) is 11.4. The maximum Gasteiger partial charge on any atom is 0.170 e. The third-order valence-corrected chi connectivity index (χ3v) is 9.37. The molecule has 0 spiro atoms. The van der Waals surface area contributed by atoms with E-state index >= 15 is 0 Å². The lowest BCUT2D eigenvalue weighted by Gasteiger charge is -2.25. The average Bonchev–Trinajstić information content (AvgIpc) is 3.56. The summed E-state index contributed by atoms with van der Waals surface area (Å²) < 4.78 is 0. The van der Waals surface area contributed by atoms with Gasteiger partial charge in [0.1, 0.15) is 0 Å². The Bertz CT molecular complexity index is 1960. The Morgan fingerprint density at radius 2 is 1.27 bits per heavy atom. The van der Waals surface area contributed by atoms with Crippen LogP contribution in [0.3, 0.4) is 0 Å². The SMILES string of the molecule is C1=CC2N=C3Sc4c(-c5ccc6c(c5)-c5cccnc5-c5ncccc5-c5ccccc5-6)cccc4N3C2C=C1. The molecule has 0 radical (unpaired) electrons. The van der Waals surface area contributed by atoms with Crippen LogP contribution in [-0.4, -0.2) is 27.2 Å². The van der Waals surface area contributed by atoms with Crippen LogP contribution in [0.1, 0.15) is 0 Å². The molecule has 2 atom stereocenters. The molecule has 3 aromatic carbocycles. The van der Waals surface area contributed by atoms with E-state index in [-0.39, 0.29) is 12.1 Å². The van der Waals surface area contributed by atoms with E-state index < -0.39 is 0 Å². The number of allylic oxidation sites excluding steroid dienone is 2. The molecule has 2 unspecified atom stereocenters. The molecule has 2 aliphatic carbocycles. The van der Waals surface area contributed by atoms with Crippen LogP contribution < -0.4 is 4.90 Å². The summed E-state index contributed by atoms with van der Waals surface area (Å²) >= 11 is 1.79. The number of aliphatic imine (C=N–C) groups is 1. The van der Waals surface area contributed by atoms with Gasteiger partial charge in [-0.25, -0.2) is 0 Å². The van der Waals surface area contributed by atoms with Gasteiger partial charge in [-0.1, -0.05) is 85.0 Å². The fraction of sp³-hybridized carbons (Fsp3) is 0.0571. The maximum absolute atomic E-state index is 5.04. The number of anilines is 1. The minimum atomic E-state index is 0.196. The van der Waals surface area contributed by atoms with Gasteiger partial charge < -0.3 is 4.90 Å². The zero-order chi connectivity index (χ0) is 26.2. The number of hydrogen-bond acceptors (Lipinski definition) is 5. The fourth-order valence-electron chi connectivity index (χ4n) is 6.48. The summed E-state index contributed by atoms with van der Waals surface area (Å²) in [5, 5.41) is 1.09. The topological polar surface area (TPSA) is 41.4 Å². The van der Waals surface area contributed by atoms with Crippen molar-refractivity contribution in [1.82, 2.24) is 9.97 Å². The first-order valence-electron chi connectivity index (χ1n) is 13.5. The second-order valence-electron chi connectivity index (χ2n) is 10.4. The zero-order valence-corrected chi connectivity index (χ0v) is 22.2. The zero-order valence-electron chi connectivity index (χ0n) is 21.4. The largest absolute Gasteiger partial charge is 0.310 e. The van der Waals surface area contributed by atoms with E-state index in [4.69, 9.17) is 15.0 Å². The van der Waals surface area contributed by atoms with Crippen molar-refractivity contribution >= 4 is 22.6 Å². The Hall–Kier alpha value is -4.74. The van der Waals surface area contributed by atoms with E-state index in [9.17, 15) is 0 Å². The van der Waals surface area contributed by atoms with Crippen LogP contribution in [0, 0.1) is 0 Å². The third-order valence-electron chi connectivity index (χ3n) is 8.26. The standard InChI is InChI=1S/C35H22N4S/c1-2-9-24-23(8-1)25-17-16-21(20-28(25)27-12-7-19-37-33(27)32-26(24)11-6-18-36-32)22-10-5-15-31-34(22)40-35-38-29-13-3-4-14-30(29)39(31)35/h1-20,29-30H. The monoisotopic (exact) mass is 530 g/mol. The molecule has 5 heteroatoms. The first kappa shape index (κ1) is 22.1. The fourth-order valence-corrected chi connectivity index (χ4v) is 7.73. The number of thioether (sulfide) groups is 1. The summed E-state index contributed by atoms with van der Waals surface area (Å²) in [6, 6.07) is 31.0. The molecule has 4 heterocycles. The summed E-state index contributed by atoms with van der Waals surface area (Å²) in [6.45, 7) is 0. The van der Waals surface area contributed by atoms with Crippen LogP contribution in [0.5, 0.6) is 0 Å². The van der Waals surface area contributed by atoms with Gasteiger partial charge in [0.15, 0.2) is 5.17 Å². The molecule has 5 aromatic rings. The van der Waals surface area contributed by atoms with E-state index in [2.05, 4.69) is 102 Å². The quantitative estimate of drug-likeness (QED) is 0.215. The predicted molar refractivity (Wildman–Crippen MR) is 164 cm³/mol. The van der Waals surface area contributed by atoms with E-state index in [0.717, 1.165) is 27.7 Å². The molecule has 4 nitrogen and oxygen atoms in total. The van der Waals surface area contributed by atoms with E-state index in [1.165, 1.54) is 44.0 Å². The van der Waals surface area contributed by atoms with Crippen molar-refractivity contribution in [2.24, 2.45) is 4.99 Å². The normalized spacial score (nSPS) is 18.8. The molecule has 0 amide bonds. The molecule has 0 fully saturated rings. The second kappa shape index (κ2) is 8.38. The van der Waals surface area contributed by atoms with Crippen molar-refractivity contribution in [3.63, 3.8) is 0 Å². The molecule has 0 bridgehead atoms. The first-order chi connectivity index (χ1) is 19.8. The molecule has 0 saturated carbocycles. The molecule has 0 saturated heterocycles. The van der Waals surface area contributed by atoms with E-state index in [1.807, 2.05) is 24.5 Å². The number of hydrogen-bond donors (Lipinski definition) is 0. The van der Waals surface area contributed by atoms with Gasteiger partial charge in [-0.3, -0.25) is 15.0 Å². The molecular weight excluding hydrogens is 508 g/mol. The van der Waals surface area contributed by atoms with Gasteiger partial charge in [0.2, 0.25) is 0 Å². The number of fused-ring (bicyclic) bond motifs is 13. The molecule has 9 rings (SSSR count). The van der Waals surface area contributed by atoms with Gasteiger partial charge in [-0.05, 0) is 69.4 Å². The number of pyridine rings is 2. The highest BCUT2D eigenvalue weighted by atomic mass is 32.2. The molecule has 2 aromatic heterocycles. The Kier molecular flexibility index (Phi) is 4.63. The first-order valence-corrected chi connectivity index (χ1v) is 14.3. The Balaban J connectivity index is 1.26. The van der Waals surface area contributed by atoms with E-state index in [0.29, 0.717) is 0 Å². The van der Waals surface area contributed by atoms with Crippen molar-refractivity contribution in [3.05, 3.63) is 122 Å². The molecular formula is C35H22N4S. The lowest BCUT2D eigenvalue weighted by atomic mass is 9.83. The minimum absolute atomic E-state index is 0.196. The molecule has 2 aliphatic heterocycles. The van der Waals surface area contributed by atoms with Gasteiger partial charge in [0.05, 0.1) is 29.2 Å². The lowest BCUT2D eigenvalue weighted by Crippen LogP contribution is -2.35. The van der Waals surface area contributed by atoms with Gasteiger partial charge >= 0.3 is 0 Å². The van der Waals surface area contributed by atoms with Gasteiger partial charge in [0.25, 0.3) is 0 Å². The molecule has 4 aliphatic rings. The average molecular weight is 531 g/mol. The highest BCUT2D eigenvalue weighted by molar-refractivity contribution is 8.15. The van der Waals surface area contributed by atoms with Crippen molar-refractivity contribution in [3.8, 4) is 55.9 Å². The van der Waals surface area contributed by atoms with Gasteiger partial charge in [-0.15, -0.1) is 0 Å². The van der Waals surface area contributed by atoms with Crippen LogP contribution in [0.4, 0.5) is 5.69 Å². The van der Waals surface area contributed by atoms with Crippen LogP contribution in [0.2, 0.25) is 0 Å². The number of rotatable bonds is 1. The summed E-state index contributed by atoms with van der Waals surface area (Å²) in [5.74, 6) is 0. The highest BCUT2D eigenvalue weighted by Gasteiger charge is 2.41. The van der Waals surface area contributed by atoms with Crippen LogP contribution in [-0.2, 0) is 0 Å². The highest BCUT2D eigenvalue weighted by Crippen LogP contribution is 2.52. The summed E-state index contributed by atoms with van der Waals surface area (Å²) in [7, 11) is 0. The van der Waals surface area contributed by atoms with Gasteiger partial charge in [0, 0.05) is 28.4 Å². The summed E-state index contributed by atoms with van der Waals surface area (Å²) in [6.07, 6.45) is 12.4.